The van der Waals surface area contributed by atoms with Crippen molar-refractivity contribution in [3.8, 4) is 11.5 Å². The summed E-state index contributed by atoms with van der Waals surface area (Å²) < 4.78 is 11.8. The fourth-order valence-electron chi connectivity index (χ4n) is 4.79. The lowest BCUT2D eigenvalue weighted by Gasteiger charge is -2.32. The molecule has 0 radical (unpaired) electrons. The van der Waals surface area contributed by atoms with Crippen LogP contribution in [0.4, 0.5) is 5.69 Å². The van der Waals surface area contributed by atoms with Crippen LogP contribution >= 0.6 is 0 Å². The van der Waals surface area contributed by atoms with Gasteiger partial charge in [-0.15, -0.1) is 0 Å². The molecule has 4 heteroatoms. The second kappa shape index (κ2) is 5.92. The standard InChI is InChI=1S/C22H25NO3/c1-2-3-6-10-23-18-8-5-4-7-16(18)22(21(23)24)14-26-20-13-19-15(9-11-25-19)12-17(20)22/h4-5,7-8,12-13,21,24H,2-3,6,9-11,14H2,1H3/t21?,22-/m1/s1. The molecular formula is C22H25NO3. The normalized spacial score (nSPS) is 25.0. The van der Waals surface area contributed by atoms with Gasteiger partial charge in [0.25, 0.3) is 0 Å². The van der Waals surface area contributed by atoms with E-state index < -0.39 is 11.6 Å². The zero-order valence-corrected chi connectivity index (χ0v) is 15.2. The van der Waals surface area contributed by atoms with Crippen LogP contribution in [0, 0.1) is 0 Å². The van der Waals surface area contributed by atoms with Crippen molar-refractivity contribution in [2.45, 2.75) is 44.2 Å². The quantitative estimate of drug-likeness (QED) is 0.854. The van der Waals surface area contributed by atoms with E-state index in [0.29, 0.717) is 6.61 Å². The number of nitrogens with zero attached hydrogens (tertiary/aromatic N) is 1. The third kappa shape index (κ3) is 2.05. The highest BCUT2D eigenvalue weighted by molar-refractivity contribution is 5.71. The van der Waals surface area contributed by atoms with Gasteiger partial charge in [0.05, 0.1) is 6.61 Å². The molecule has 3 aliphatic rings. The van der Waals surface area contributed by atoms with Crippen molar-refractivity contribution in [3.63, 3.8) is 0 Å². The minimum Gasteiger partial charge on any atom is -0.493 e. The highest BCUT2D eigenvalue weighted by atomic mass is 16.5. The van der Waals surface area contributed by atoms with Crippen molar-refractivity contribution in [1.82, 2.24) is 0 Å². The van der Waals surface area contributed by atoms with Crippen molar-refractivity contribution in [2.75, 3.05) is 24.7 Å². The number of unbranched alkanes of at least 4 members (excludes halogenated alkanes) is 2. The van der Waals surface area contributed by atoms with Crippen LogP contribution < -0.4 is 14.4 Å². The Morgan fingerprint density at radius 3 is 2.88 bits per heavy atom. The number of para-hydroxylation sites is 1. The van der Waals surface area contributed by atoms with E-state index in [1.165, 1.54) is 24.0 Å². The third-order valence-corrected chi connectivity index (χ3v) is 6.16. The molecule has 2 aromatic rings. The second-order valence-electron chi connectivity index (χ2n) is 7.61. The van der Waals surface area contributed by atoms with Gasteiger partial charge in [-0.1, -0.05) is 38.0 Å². The molecule has 2 aromatic carbocycles. The van der Waals surface area contributed by atoms with Gasteiger partial charge < -0.3 is 19.5 Å². The average Bonchev–Trinajstić information content (AvgIpc) is 3.33. The minimum absolute atomic E-state index is 0.480. The van der Waals surface area contributed by atoms with Gasteiger partial charge in [-0.3, -0.25) is 0 Å². The molecule has 0 saturated carbocycles. The number of hydrogen-bond acceptors (Lipinski definition) is 4. The first-order valence-electron chi connectivity index (χ1n) is 9.73. The van der Waals surface area contributed by atoms with Gasteiger partial charge >= 0.3 is 0 Å². The molecular weight excluding hydrogens is 326 g/mol. The van der Waals surface area contributed by atoms with Crippen molar-refractivity contribution >= 4 is 5.69 Å². The zero-order chi connectivity index (χ0) is 17.7. The number of hydrogen-bond donors (Lipinski definition) is 1. The lowest BCUT2D eigenvalue weighted by molar-refractivity contribution is 0.0950. The largest absolute Gasteiger partial charge is 0.493 e. The van der Waals surface area contributed by atoms with E-state index in [2.05, 4.69) is 42.2 Å². The van der Waals surface area contributed by atoms with Crippen LogP contribution in [-0.4, -0.2) is 31.1 Å². The summed E-state index contributed by atoms with van der Waals surface area (Å²) >= 11 is 0. The molecule has 2 atom stereocenters. The zero-order valence-electron chi connectivity index (χ0n) is 15.2. The van der Waals surface area contributed by atoms with Gasteiger partial charge in [-0.05, 0) is 29.7 Å². The number of benzene rings is 2. The molecule has 3 heterocycles. The van der Waals surface area contributed by atoms with Crippen molar-refractivity contribution in [3.05, 3.63) is 53.1 Å². The van der Waals surface area contributed by atoms with E-state index >= 15 is 0 Å². The Hall–Kier alpha value is -2.20. The number of aliphatic hydroxyl groups is 1. The number of rotatable bonds is 4. The van der Waals surface area contributed by atoms with Gasteiger partial charge in [-0.2, -0.15) is 0 Å². The van der Waals surface area contributed by atoms with Crippen LogP contribution in [0.25, 0.3) is 0 Å². The Balaban J connectivity index is 1.62. The molecule has 0 fully saturated rings. The Morgan fingerprint density at radius 2 is 2.00 bits per heavy atom. The molecule has 0 aliphatic carbocycles. The molecule has 5 rings (SSSR count). The van der Waals surface area contributed by atoms with Gasteiger partial charge in [0.15, 0.2) is 0 Å². The minimum atomic E-state index is -0.599. The number of ether oxygens (including phenoxy) is 2. The summed E-state index contributed by atoms with van der Waals surface area (Å²) in [6.07, 6.45) is 3.77. The first-order valence-corrected chi connectivity index (χ1v) is 9.73. The lowest BCUT2D eigenvalue weighted by Crippen LogP contribution is -2.47. The smallest absolute Gasteiger partial charge is 0.144 e. The van der Waals surface area contributed by atoms with Gasteiger partial charge in [0, 0.05) is 30.3 Å². The Morgan fingerprint density at radius 1 is 1.12 bits per heavy atom. The molecule has 26 heavy (non-hydrogen) atoms. The fraction of sp³-hybridized carbons (Fsp3) is 0.455. The van der Waals surface area contributed by atoms with Gasteiger partial charge in [-0.25, -0.2) is 0 Å². The molecule has 3 aliphatic heterocycles. The van der Waals surface area contributed by atoms with Crippen molar-refractivity contribution < 1.29 is 14.6 Å². The van der Waals surface area contributed by atoms with E-state index in [9.17, 15) is 5.11 Å². The Labute approximate surface area is 154 Å². The summed E-state index contributed by atoms with van der Waals surface area (Å²) in [7, 11) is 0. The Kier molecular flexibility index (Phi) is 3.64. The lowest BCUT2D eigenvalue weighted by atomic mass is 9.76. The molecule has 136 valence electrons. The predicted molar refractivity (Wildman–Crippen MR) is 101 cm³/mol. The van der Waals surface area contributed by atoms with E-state index in [1.54, 1.807) is 0 Å². The average molecular weight is 351 g/mol. The highest BCUT2D eigenvalue weighted by Gasteiger charge is 2.56. The van der Waals surface area contributed by atoms with Crippen LogP contribution in [0.5, 0.6) is 11.5 Å². The van der Waals surface area contributed by atoms with E-state index in [4.69, 9.17) is 9.47 Å². The van der Waals surface area contributed by atoms with Gasteiger partial charge in [0.1, 0.15) is 29.7 Å². The second-order valence-corrected chi connectivity index (χ2v) is 7.61. The molecule has 1 N–H and O–H groups in total. The van der Waals surface area contributed by atoms with Crippen molar-refractivity contribution in [2.24, 2.45) is 0 Å². The number of aliphatic hydroxyl groups excluding tert-OH is 1. The van der Waals surface area contributed by atoms with E-state index in [-0.39, 0.29) is 0 Å². The molecule has 1 unspecified atom stereocenters. The molecule has 0 aromatic heterocycles. The summed E-state index contributed by atoms with van der Waals surface area (Å²) in [5.41, 5.74) is 4.16. The molecule has 0 saturated heterocycles. The maximum Gasteiger partial charge on any atom is 0.144 e. The van der Waals surface area contributed by atoms with Crippen LogP contribution in [0.3, 0.4) is 0 Å². The summed E-state index contributed by atoms with van der Waals surface area (Å²) in [6, 6.07) is 12.6. The monoisotopic (exact) mass is 351 g/mol. The predicted octanol–water partition coefficient (Wildman–Crippen LogP) is 3.63. The SMILES string of the molecule is CCCCCN1c2ccccc2[C@@]2(COc3cc4c(cc32)CCO4)C1O. The van der Waals surface area contributed by atoms with Crippen LogP contribution in [-0.2, 0) is 11.8 Å². The molecule has 0 amide bonds. The van der Waals surface area contributed by atoms with Crippen LogP contribution in [0.15, 0.2) is 36.4 Å². The first kappa shape index (κ1) is 16.0. The summed E-state index contributed by atoms with van der Waals surface area (Å²) in [5.74, 6) is 1.79. The molecule has 4 nitrogen and oxygen atoms in total. The van der Waals surface area contributed by atoms with Crippen molar-refractivity contribution in [1.29, 1.82) is 0 Å². The Bertz CT molecular complexity index is 849. The number of fused-ring (bicyclic) bond motifs is 5. The maximum atomic E-state index is 11.5. The maximum absolute atomic E-state index is 11.5. The van der Waals surface area contributed by atoms with E-state index in [0.717, 1.165) is 48.7 Å². The fourth-order valence-corrected chi connectivity index (χ4v) is 4.79. The topological polar surface area (TPSA) is 41.9 Å². The van der Waals surface area contributed by atoms with Crippen LogP contribution in [0.1, 0.15) is 42.9 Å². The summed E-state index contributed by atoms with van der Waals surface area (Å²) in [4.78, 5) is 2.17. The van der Waals surface area contributed by atoms with Crippen LogP contribution in [0.2, 0.25) is 0 Å². The summed E-state index contributed by atoms with van der Waals surface area (Å²) in [6.45, 7) is 4.29. The summed E-state index contributed by atoms with van der Waals surface area (Å²) in [5, 5.41) is 11.5. The third-order valence-electron chi connectivity index (χ3n) is 6.16. The highest BCUT2D eigenvalue weighted by Crippen LogP contribution is 2.55. The molecule has 0 bridgehead atoms. The first-order chi connectivity index (χ1) is 12.8. The number of anilines is 1. The molecule has 1 spiro atoms. The van der Waals surface area contributed by atoms with Gasteiger partial charge in [0.2, 0.25) is 0 Å². The van der Waals surface area contributed by atoms with E-state index in [1.807, 2.05) is 6.07 Å².